The van der Waals surface area contributed by atoms with Crippen LogP contribution in [-0.2, 0) is 0 Å². The van der Waals surface area contributed by atoms with E-state index in [2.05, 4.69) is 26.0 Å². The smallest absolute Gasteiger partial charge is 0.382 e. The lowest BCUT2D eigenvalue weighted by Gasteiger charge is -2.14. The lowest BCUT2D eigenvalue weighted by Crippen LogP contribution is -2.26. The molecule has 0 atom stereocenters. The van der Waals surface area contributed by atoms with Crippen molar-refractivity contribution in [2.24, 2.45) is 0 Å². The molecule has 5 rings (SSSR count). The number of carbonyl (C=O) groups excluding carboxylic acids is 1. The highest BCUT2D eigenvalue weighted by molar-refractivity contribution is 5.96. The average molecular weight is 513 g/mol. The second-order valence-electron chi connectivity index (χ2n) is 9.00. The maximum absolute atomic E-state index is 14.3. The van der Waals surface area contributed by atoms with E-state index in [0.717, 1.165) is 18.4 Å². The van der Waals surface area contributed by atoms with Crippen molar-refractivity contribution in [2.75, 3.05) is 17.2 Å². The van der Waals surface area contributed by atoms with E-state index < -0.39 is 18.4 Å². The van der Waals surface area contributed by atoms with E-state index in [1.807, 2.05) is 13.0 Å². The fourth-order valence-electron chi connectivity index (χ4n) is 3.96. The summed E-state index contributed by atoms with van der Waals surface area (Å²) in [6.45, 7) is 1.46. The Labute approximate surface area is 209 Å². The van der Waals surface area contributed by atoms with Gasteiger partial charge in [-0.2, -0.15) is 13.2 Å². The number of halogens is 4. The van der Waals surface area contributed by atoms with Crippen LogP contribution in [0.2, 0.25) is 0 Å². The largest absolute Gasteiger partial charge is 0.390 e. The lowest BCUT2D eigenvalue weighted by molar-refractivity contribution is -0.131. The first-order valence-electron chi connectivity index (χ1n) is 11.8. The van der Waals surface area contributed by atoms with Gasteiger partial charge in [0, 0.05) is 29.8 Å². The lowest BCUT2D eigenvalue weighted by atomic mass is 10.0. The Kier molecular flexibility index (Phi) is 6.45. The molecule has 1 saturated carbocycles. The number of rotatable bonds is 8. The number of imidazole rings is 1. The van der Waals surface area contributed by atoms with Gasteiger partial charge in [-0.15, -0.1) is 5.10 Å². The van der Waals surface area contributed by atoms with Gasteiger partial charge in [-0.25, -0.2) is 13.9 Å². The van der Waals surface area contributed by atoms with Gasteiger partial charge in [-0.1, -0.05) is 18.2 Å². The average Bonchev–Trinajstić information content (AvgIpc) is 3.54. The summed E-state index contributed by atoms with van der Waals surface area (Å²) >= 11 is 0. The van der Waals surface area contributed by atoms with Gasteiger partial charge in [0.2, 0.25) is 0 Å². The number of aromatic nitrogens is 3. The first-order chi connectivity index (χ1) is 17.7. The third-order valence-corrected chi connectivity index (χ3v) is 6.01. The number of anilines is 3. The van der Waals surface area contributed by atoms with Gasteiger partial charge in [0.05, 0.1) is 29.7 Å². The van der Waals surface area contributed by atoms with Crippen LogP contribution in [0.4, 0.5) is 34.8 Å². The van der Waals surface area contributed by atoms with Crippen molar-refractivity contribution in [3.8, 4) is 11.3 Å². The molecule has 0 aliphatic heterocycles. The Hall–Kier alpha value is -4.15. The number of nitrogens with zero attached hydrogens (tertiary/aromatic N) is 3. The van der Waals surface area contributed by atoms with Crippen LogP contribution < -0.4 is 16.0 Å². The Morgan fingerprint density at radius 2 is 1.89 bits per heavy atom. The number of benzene rings is 2. The molecule has 1 fully saturated rings. The number of hydrogen-bond acceptors (Lipinski definition) is 5. The number of hydrogen-bond donors (Lipinski definition) is 3. The molecule has 0 spiro atoms. The van der Waals surface area contributed by atoms with Gasteiger partial charge < -0.3 is 16.0 Å². The Balaban J connectivity index is 1.52. The monoisotopic (exact) mass is 512 g/mol. The molecule has 0 bridgehead atoms. The van der Waals surface area contributed by atoms with E-state index in [1.165, 1.54) is 22.7 Å². The van der Waals surface area contributed by atoms with E-state index in [0.29, 0.717) is 28.2 Å². The number of fused-ring (bicyclic) bond motifs is 1. The highest BCUT2D eigenvalue weighted by Crippen LogP contribution is 2.30. The first kappa shape index (κ1) is 24.5. The third kappa shape index (κ3) is 5.65. The zero-order valence-corrected chi connectivity index (χ0v) is 19.9. The zero-order valence-electron chi connectivity index (χ0n) is 19.9. The van der Waals surface area contributed by atoms with E-state index in [9.17, 15) is 22.4 Å². The van der Waals surface area contributed by atoms with Crippen LogP contribution in [-0.4, -0.2) is 39.3 Å². The number of aryl methyl sites for hydroxylation is 1. The minimum absolute atomic E-state index is 0.129. The normalized spacial score (nSPS) is 13.5. The summed E-state index contributed by atoms with van der Waals surface area (Å²) in [5.74, 6) is -0.420. The minimum atomic E-state index is -4.32. The van der Waals surface area contributed by atoms with Crippen molar-refractivity contribution in [3.05, 3.63) is 71.7 Å². The van der Waals surface area contributed by atoms with E-state index in [-0.39, 0.29) is 30.0 Å². The molecule has 1 aliphatic carbocycles. The molecule has 7 nitrogen and oxygen atoms in total. The summed E-state index contributed by atoms with van der Waals surface area (Å²) in [5.41, 5.74) is 3.38. The molecule has 11 heteroatoms. The summed E-state index contributed by atoms with van der Waals surface area (Å²) in [6, 6.07) is 13.1. The summed E-state index contributed by atoms with van der Waals surface area (Å²) in [4.78, 5) is 16.9. The van der Waals surface area contributed by atoms with E-state index in [4.69, 9.17) is 0 Å². The van der Waals surface area contributed by atoms with E-state index in [1.54, 1.807) is 30.5 Å². The second kappa shape index (κ2) is 9.72. The van der Waals surface area contributed by atoms with Gasteiger partial charge in [0.1, 0.15) is 5.82 Å². The fourth-order valence-corrected chi connectivity index (χ4v) is 3.96. The van der Waals surface area contributed by atoms with Crippen LogP contribution in [0.3, 0.4) is 0 Å². The van der Waals surface area contributed by atoms with Gasteiger partial charge in [0.25, 0.3) is 5.91 Å². The first-order valence-corrected chi connectivity index (χ1v) is 11.8. The Morgan fingerprint density at radius 3 is 2.59 bits per heavy atom. The minimum Gasteiger partial charge on any atom is -0.382 e. The van der Waals surface area contributed by atoms with Gasteiger partial charge in [-0.05, 0) is 49.6 Å². The van der Waals surface area contributed by atoms with Gasteiger partial charge in [-0.3, -0.25) is 4.79 Å². The number of amides is 1. The number of para-hydroxylation sites is 1. The highest BCUT2D eigenvalue weighted by atomic mass is 19.4. The molecule has 2 heterocycles. The van der Waals surface area contributed by atoms with Crippen molar-refractivity contribution in [2.45, 2.75) is 38.4 Å². The summed E-state index contributed by atoms with van der Waals surface area (Å²) in [7, 11) is 0. The third-order valence-electron chi connectivity index (χ3n) is 6.01. The Morgan fingerprint density at radius 1 is 1.11 bits per heavy atom. The summed E-state index contributed by atoms with van der Waals surface area (Å²) in [5, 5.41) is 13.2. The Bertz CT molecular complexity index is 1460. The maximum Gasteiger partial charge on any atom is 0.390 e. The number of nitrogens with one attached hydrogen (secondary N) is 3. The van der Waals surface area contributed by atoms with Crippen molar-refractivity contribution in [3.63, 3.8) is 0 Å². The number of alkyl halides is 3. The van der Waals surface area contributed by atoms with Gasteiger partial charge >= 0.3 is 6.18 Å². The molecule has 0 radical (unpaired) electrons. The molecule has 1 aliphatic rings. The summed E-state index contributed by atoms with van der Waals surface area (Å²) < 4.78 is 54.0. The van der Waals surface area contributed by atoms with Gasteiger partial charge in [0.15, 0.2) is 11.5 Å². The molecule has 1 amide bonds. The molecule has 37 heavy (non-hydrogen) atoms. The van der Waals surface area contributed by atoms with Crippen molar-refractivity contribution in [1.82, 2.24) is 19.9 Å². The summed E-state index contributed by atoms with van der Waals surface area (Å²) in [6.07, 6.45) is -1.83. The van der Waals surface area contributed by atoms with Crippen LogP contribution >= 0.6 is 0 Å². The quantitative estimate of drug-likeness (QED) is 0.258. The van der Waals surface area contributed by atoms with Crippen LogP contribution in [0.25, 0.3) is 16.9 Å². The molecule has 0 unspecified atom stereocenters. The van der Waals surface area contributed by atoms with Crippen LogP contribution in [0.1, 0.15) is 35.2 Å². The topological polar surface area (TPSA) is 83.3 Å². The molecule has 2 aromatic heterocycles. The maximum atomic E-state index is 14.3. The van der Waals surface area contributed by atoms with Crippen molar-refractivity contribution < 1.29 is 22.4 Å². The molecule has 0 saturated heterocycles. The second-order valence-corrected chi connectivity index (χ2v) is 9.00. The van der Waals surface area contributed by atoms with Crippen molar-refractivity contribution >= 4 is 28.7 Å². The molecule has 3 N–H and O–H groups in total. The van der Waals surface area contributed by atoms with Crippen LogP contribution in [0.5, 0.6) is 0 Å². The van der Waals surface area contributed by atoms with Crippen LogP contribution in [0, 0.1) is 12.7 Å². The van der Waals surface area contributed by atoms with Crippen LogP contribution in [0.15, 0.2) is 54.7 Å². The number of carbonyl (C=O) groups is 1. The fraction of sp³-hybridized carbons (Fsp3) is 0.269. The predicted octanol–water partition coefficient (Wildman–Crippen LogP) is 5.84. The zero-order chi connectivity index (χ0) is 26.2. The molecule has 4 aromatic rings. The van der Waals surface area contributed by atoms with Crippen molar-refractivity contribution in [1.29, 1.82) is 0 Å². The molecular formula is C26H24F4N6O. The standard InChI is InChI=1S/C26H24F4N6O/c1-15-12-16(6-9-18(15)25(37)33-17-7-8-17)22-14-32-24-21(31-11-10-26(28,29)30)13-23(35-36(22)24)34-20-5-3-2-4-19(20)27/h2-6,9,12-14,17,31H,7-8,10-11H2,1H3,(H,33,37)(H,34,35). The predicted molar refractivity (Wildman–Crippen MR) is 132 cm³/mol. The van der Waals surface area contributed by atoms with E-state index >= 15 is 0 Å². The SMILES string of the molecule is Cc1cc(-c2cnc3c(NCCC(F)(F)F)cc(Nc4ccccc4F)nn23)ccc1C(=O)NC1CC1. The highest BCUT2D eigenvalue weighted by Gasteiger charge is 2.27. The molecule has 2 aromatic carbocycles. The molecular weight excluding hydrogens is 488 g/mol. The molecule has 192 valence electrons.